The van der Waals surface area contributed by atoms with Gasteiger partial charge in [0.1, 0.15) is 5.76 Å². The molecule has 0 bridgehead atoms. The molecule has 0 saturated heterocycles. The molecule has 0 radical (unpaired) electrons. The summed E-state index contributed by atoms with van der Waals surface area (Å²) in [6.45, 7) is 5.07. The second-order valence-corrected chi connectivity index (χ2v) is 2.16. The Morgan fingerprint density at radius 3 is 2.75 bits per heavy atom. The third-order valence-corrected chi connectivity index (χ3v) is 1.24. The molecule has 1 heterocycles. The van der Waals surface area contributed by atoms with Gasteiger partial charge in [-0.15, -0.1) is 0 Å². The molecule has 5 nitrogen and oxygen atoms in total. The number of carbonyl (C=O) groups excluding carboxylic acids is 1. The van der Waals surface area contributed by atoms with E-state index in [1.54, 1.807) is 6.92 Å². The summed E-state index contributed by atoms with van der Waals surface area (Å²) in [6.07, 6.45) is -0.851. The van der Waals surface area contributed by atoms with E-state index in [-0.39, 0.29) is 12.6 Å². The lowest BCUT2D eigenvalue weighted by molar-refractivity contribution is 0.133. The molecule has 0 atom stereocenters. The molecule has 1 amide bonds. The molecule has 2 N–H and O–H groups in total. The van der Waals surface area contributed by atoms with Crippen molar-refractivity contribution in [1.82, 2.24) is 0 Å². The normalized spacial score (nSPS) is 15.6. The van der Waals surface area contributed by atoms with Crippen molar-refractivity contribution in [2.24, 2.45) is 5.73 Å². The predicted molar refractivity (Wildman–Crippen MR) is 39.5 cm³/mol. The molecular formula is C7H9NO4. The number of amides is 1. The van der Waals surface area contributed by atoms with Gasteiger partial charge in [-0.05, 0) is 13.5 Å². The molecule has 0 fully saturated rings. The number of rotatable bonds is 2. The monoisotopic (exact) mass is 171 g/mol. The summed E-state index contributed by atoms with van der Waals surface area (Å²) in [6, 6.07) is 0. The van der Waals surface area contributed by atoms with Gasteiger partial charge in [0.2, 0.25) is 0 Å². The van der Waals surface area contributed by atoms with Gasteiger partial charge in [0, 0.05) is 0 Å². The first-order valence-electron chi connectivity index (χ1n) is 3.26. The Morgan fingerprint density at radius 2 is 2.33 bits per heavy atom. The zero-order valence-corrected chi connectivity index (χ0v) is 6.62. The average Bonchev–Trinajstić information content (AvgIpc) is 2.26. The van der Waals surface area contributed by atoms with Crippen molar-refractivity contribution in [3.63, 3.8) is 0 Å². The van der Waals surface area contributed by atoms with Crippen LogP contribution in [0.1, 0.15) is 6.92 Å². The van der Waals surface area contributed by atoms with Gasteiger partial charge in [0.15, 0.2) is 12.4 Å². The molecule has 1 aliphatic heterocycles. The smallest absolute Gasteiger partial charge is 0.404 e. The van der Waals surface area contributed by atoms with Gasteiger partial charge in [-0.25, -0.2) is 4.79 Å². The molecule has 0 aliphatic carbocycles. The Kier molecular flexibility index (Phi) is 2.23. The summed E-state index contributed by atoms with van der Waals surface area (Å²) in [7, 11) is 0. The van der Waals surface area contributed by atoms with E-state index in [1.165, 1.54) is 0 Å². The standard InChI is InChI=1S/C7H9NO4/c1-4-6(3-10-7(8)9)12-5(2)11-4/h2-3H2,1H3,(H2,8,9). The van der Waals surface area contributed by atoms with E-state index in [9.17, 15) is 4.79 Å². The summed E-state index contributed by atoms with van der Waals surface area (Å²) >= 11 is 0. The minimum Gasteiger partial charge on any atom is -0.441 e. The second kappa shape index (κ2) is 3.17. The molecular weight excluding hydrogens is 162 g/mol. The molecule has 0 spiro atoms. The van der Waals surface area contributed by atoms with Crippen LogP contribution in [-0.2, 0) is 14.2 Å². The van der Waals surface area contributed by atoms with Gasteiger partial charge in [0.25, 0.3) is 5.95 Å². The molecule has 1 rings (SSSR count). The summed E-state index contributed by atoms with van der Waals surface area (Å²) in [4.78, 5) is 10.2. The minimum atomic E-state index is -0.851. The van der Waals surface area contributed by atoms with Crippen molar-refractivity contribution in [3.8, 4) is 0 Å². The maximum atomic E-state index is 10.2. The zero-order chi connectivity index (χ0) is 9.14. The third-order valence-electron chi connectivity index (χ3n) is 1.24. The molecule has 0 aromatic heterocycles. The maximum absolute atomic E-state index is 10.2. The first kappa shape index (κ1) is 8.45. The van der Waals surface area contributed by atoms with Gasteiger partial charge in [0.05, 0.1) is 0 Å². The molecule has 66 valence electrons. The molecule has 12 heavy (non-hydrogen) atoms. The van der Waals surface area contributed by atoms with E-state index in [1.807, 2.05) is 0 Å². The molecule has 0 aromatic rings. The molecule has 5 heteroatoms. The van der Waals surface area contributed by atoms with Gasteiger partial charge >= 0.3 is 6.09 Å². The highest BCUT2D eigenvalue weighted by atomic mass is 16.7. The maximum Gasteiger partial charge on any atom is 0.404 e. The van der Waals surface area contributed by atoms with Crippen molar-refractivity contribution in [2.45, 2.75) is 6.92 Å². The Balaban J connectivity index is 2.47. The predicted octanol–water partition coefficient (Wildman–Crippen LogP) is 0.831. The van der Waals surface area contributed by atoms with Crippen molar-refractivity contribution >= 4 is 6.09 Å². The van der Waals surface area contributed by atoms with E-state index in [0.717, 1.165) is 0 Å². The Hall–Kier alpha value is -1.65. The third kappa shape index (κ3) is 1.91. The largest absolute Gasteiger partial charge is 0.441 e. The average molecular weight is 171 g/mol. The number of primary amides is 1. The first-order valence-corrected chi connectivity index (χ1v) is 3.26. The van der Waals surface area contributed by atoms with Crippen LogP contribution in [0.3, 0.4) is 0 Å². The number of hydrogen-bond donors (Lipinski definition) is 1. The van der Waals surface area contributed by atoms with Crippen LogP contribution in [-0.4, -0.2) is 12.7 Å². The van der Waals surface area contributed by atoms with Crippen LogP contribution < -0.4 is 5.73 Å². The van der Waals surface area contributed by atoms with Crippen LogP contribution >= 0.6 is 0 Å². The highest BCUT2D eigenvalue weighted by Gasteiger charge is 2.18. The first-order chi connectivity index (χ1) is 5.59. The fourth-order valence-electron chi connectivity index (χ4n) is 0.726. The van der Waals surface area contributed by atoms with Crippen LogP contribution in [0.25, 0.3) is 0 Å². The lowest BCUT2D eigenvalue weighted by Crippen LogP contribution is -2.15. The lowest BCUT2D eigenvalue weighted by atomic mass is 10.4. The van der Waals surface area contributed by atoms with Crippen molar-refractivity contribution < 1.29 is 19.0 Å². The van der Waals surface area contributed by atoms with Crippen molar-refractivity contribution in [3.05, 3.63) is 24.0 Å². The summed E-state index contributed by atoms with van der Waals surface area (Å²) in [5, 5.41) is 0. The van der Waals surface area contributed by atoms with E-state index in [0.29, 0.717) is 11.5 Å². The lowest BCUT2D eigenvalue weighted by Gasteiger charge is -2.00. The summed E-state index contributed by atoms with van der Waals surface area (Å²) in [5.41, 5.74) is 4.75. The van der Waals surface area contributed by atoms with Crippen molar-refractivity contribution in [2.75, 3.05) is 6.61 Å². The van der Waals surface area contributed by atoms with Crippen LogP contribution in [0, 0.1) is 0 Å². The van der Waals surface area contributed by atoms with Crippen molar-refractivity contribution in [1.29, 1.82) is 0 Å². The zero-order valence-electron chi connectivity index (χ0n) is 6.62. The molecule has 0 unspecified atom stereocenters. The highest BCUT2D eigenvalue weighted by molar-refractivity contribution is 5.64. The van der Waals surface area contributed by atoms with Gasteiger partial charge in [-0.2, -0.15) is 0 Å². The van der Waals surface area contributed by atoms with E-state index < -0.39 is 6.09 Å². The Bertz CT molecular complexity index is 256. The highest BCUT2D eigenvalue weighted by Crippen LogP contribution is 2.22. The molecule has 0 saturated carbocycles. The van der Waals surface area contributed by atoms with Gasteiger partial charge < -0.3 is 19.9 Å². The molecule has 1 aliphatic rings. The Morgan fingerprint density at radius 1 is 1.67 bits per heavy atom. The number of hydrogen-bond acceptors (Lipinski definition) is 4. The quantitative estimate of drug-likeness (QED) is 0.668. The summed E-state index contributed by atoms with van der Waals surface area (Å²) in [5.74, 6) is 1.12. The minimum absolute atomic E-state index is 0.0276. The van der Waals surface area contributed by atoms with Crippen LogP contribution in [0.2, 0.25) is 0 Å². The number of allylic oxidation sites excluding steroid dienone is 1. The fraction of sp³-hybridized carbons (Fsp3) is 0.286. The SMILES string of the molecule is C=C1OC(C)=C(COC(N)=O)O1. The van der Waals surface area contributed by atoms with Gasteiger partial charge in [-0.1, -0.05) is 0 Å². The Labute approximate surface area is 69.4 Å². The second-order valence-electron chi connectivity index (χ2n) is 2.16. The van der Waals surface area contributed by atoms with Crippen LogP contribution in [0.4, 0.5) is 4.79 Å². The summed E-state index contributed by atoms with van der Waals surface area (Å²) < 4.78 is 14.4. The number of nitrogens with two attached hydrogens (primary N) is 1. The van der Waals surface area contributed by atoms with Crippen LogP contribution in [0.15, 0.2) is 24.0 Å². The number of carbonyl (C=O) groups is 1. The fourth-order valence-corrected chi connectivity index (χ4v) is 0.726. The van der Waals surface area contributed by atoms with Gasteiger partial charge in [-0.3, -0.25) is 0 Å². The van der Waals surface area contributed by atoms with E-state index in [4.69, 9.17) is 15.2 Å². The van der Waals surface area contributed by atoms with E-state index >= 15 is 0 Å². The molecule has 0 aromatic carbocycles. The van der Waals surface area contributed by atoms with Crippen LogP contribution in [0.5, 0.6) is 0 Å². The van der Waals surface area contributed by atoms with E-state index in [2.05, 4.69) is 11.3 Å². The number of ether oxygens (including phenoxy) is 3. The topological polar surface area (TPSA) is 70.8 Å².